The van der Waals surface area contributed by atoms with Gasteiger partial charge in [-0.05, 0) is 12.1 Å². The van der Waals surface area contributed by atoms with E-state index >= 15 is 0 Å². The van der Waals surface area contributed by atoms with Gasteiger partial charge in [0.05, 0.1) is 12.9 Å². The van der Waals surface area contributed by atoms with Crippen molar-refractivity contribution in [3.05, 3.63) is 43.0 Å². The average molecular weight is 343 g/mol. The van der Waals surface area contributed by atoms with Gasteiger partial charge in [0.25, 0.3) is 0 Å². The molecule has 9 heteroatoms. The molecule has 1 fully saturated rings. The van der Waals surface area contributed by atoms with Gasteiger partial charge in [0.1, 0.15) is 24.6 Å². The first-order valence-electron chi connectivity index (χ1n) is 7.81. The molecule has 25 heavy (non-hydrogen) atoms. The molecule has 0 spiro atoms. The summed E-state index contributed by atoms with van der Waals surface area (Å²) in [5, 5.41) is 32.5. The maximum Gasteiger partial charge on any atom is 0.167 e. The summed E-state index contributed by atoms with van der Waals surface area (Å²) in [7, 11) is 0. The van der Waals surface area contributed by atoms with E-state index in [1.807, 2.05) is 30.3 Å². The van der Waals surface area contributed by atoms with Crippen molar-refractivity contribution in [1.29, 1.82) is 0 Å². The number of nitrogens with one attached hydrogen (secondary N) is 1. The first-order valence-corrected chi connectivity index (χ1v) is 7.81. The average Bonchev–Trinajstić information content (AvgIpc) is 3.18. The number of fused-ring (bicyclic) bond motifs is 1. The zero-order chi connectivity index (χ0) is 17.4. The molecule has 3 heterocycles. The third-order valence-corrected chi connectivity index (χ3v) is 4.19. The summed E-state index contributed by atoms with van der Waals surface area (Å²) in [4.78, 5) is 12.7. The predicted molar refractivity (Wildman–Crippen MR) is 88.1 cm³/mol. The number of imidazole rings is 1. The lowest BCUT2D eigenvalue weighted by molar-refractivity contribution is -0.0511. The quantitative estimate of drug-likeness (QED) is 0.529. The van der Waals surface area contributed by atoms with Gasteiger partial charge in [-0.1, -0.05) is 18.2 Å². The molecular formula is C16H17N5O4. The fourth-order valence-electron chi connectivity index (χ4n) is 2.90. The minimum absolute atomic E-state index is 0.392. The fourth-order valence-corrected chi connectivity index (χ4v) is 2.90. The molecule has 0 bridgehead atoms. The molecule has 4 rings (SSSR count). The highest BCUT2D eigenvalue weighted by molar-refractivity contribution is 5.85. The van der Waals surface area contributed by atoms with Gasteiger partial charge < -0.3 is 25.4 Å². The van der Waals surface area contributed by atoms with Crippen molar-refractivity contribution in [3.8, 4) is 0 Å². The second-order valence-corrected chi connectivity index (χ2v) is 5.77. The van der Waals surface area contributed by atoms with Gasteiger partial charge in [-0.3, -0.25) is 4.57 Å². The Morgan fingerprint density at radius 1 is 1.08 bits per heavy atom. The van der Waals surface area contributed by atoms with Crippen LogP contribution in [0, 0.1) is 0 Å². The molecule has 9 nitrogen and oxygen atoms in total. The van der Waals surface area contributed by atoms with E-state index in [9.17, 15) is 15.3 Å². The second kappa shape index (κ2) is 6.37. The molecular weight excluding hydrogens is 326 g/mol. The monoisotopic (exact) mass is 343 g/mol. The van der Waals surface area contributed by atoms with E-state index in [4.69, 9.17) is 4.74 Å². The largest absolute Gasteiger partial charge is 0.394 e. The first kappa shape index (κ1) is 15.9. The van der Waals surface area contributed by atoms with E-state index in [-0.39, 0.29) is 0 Å². The number of ether oxygens (including phenoxy) is 1. The van der Waals surface area contributed by atoms with Crippen molar-refractivity contribution in [2.45, 2.75) is 24.5 Å². The van der Waals surface area contributed by atoms with E-state index in [1.54, 1.807) is 0 Å². The SMILES string of the molecule is OC[C@@H]1O[C@H](n2cnc3c(Nc4ccccc4)ncnc32)[C@@H](O)[C@@H]1O. The summed E-state index contributed by atoms with van der Waals surface area (Å²) in [5.41, 5.74) is 1.80. The molecule has 0 saturated carbocycles. The molecule has 0 radical (unpaired) electrons. The van der Waals surface area contributed by atoms with Crippen molar-refractivity contribution >= 4 is 22.7 Å². The van der Waals surface area contributed by atoms with Crippen LogP contribution in [-0.4, -0.2) is 59.8 Å². The van der Waals surface area contributed by atoms with Crippen molar-refractivity contribution < 1.29 is 20.1 Å². The zero-order valence-corrected chi connectivity index (χ0v) is 13.1. The van der Waals surface area contributed by atoms with Crippen LogP contribution in [0.5, 0.6) is 0 Å². The summed E-state index contributed by atoms with van der Waals surface area (Å²) >= 11 is 0. The van der Waals surface area contributed by atoms with Crippen LogP contribution in [0.4, 0.5) is 11.5 Å². The normalized spacial score (nSPS) is 26.2. The van der Waals surface area contributed by atoms with Crippen molar-refractivity contribution in [3.63, 3.8) is 0 Å². The predicted octanol–water partition coefficient (Wildman–Crippen LogP) is 0.181. The van der Waals surface area contributed by atoms with E-state index in [2.05, 4.69) is 20.3 Å². The number of benzene rings is 1. The lowest BCUT2D eigenvalue weighted by Gasteiger charge is -2.16. The first-order chi connectivity index (χ1) is 12.2. The van der Waals surface area contributed by atoms with Gasteiger partial charge >= 0.3 is 0 Å². The van der Waals surface area contributed by atoms with Gasteiger partial charge in [-0.15, -0.1) is 0 Å². The van der Waals surface area contributed by atoms with Crippen molar-refractivity contribution in [2.24, 2.45) is 0 Å². The number of aromatic nitrogens is 4. The zero-order valence-electron chi connectivity index (χ0n) is 13.1. The molecule has 2 aromatic heterocycles. The summed E-state index contributed by atoms with van der Waals surface area (Å²) in [6.45, 7) is -0.392. The van der Waals surface area contributed by atoms with E-state index < -0.39 is 31.1 Å². The van der Waals surface area contributed by atoms with Crippen LogP contribution in [0.1, 0.15) is 6.23 Å². The van der Waals surface area contributed by atoms with Gasteiger partial charge in [0, 0.05) is 5.69 Å². The molecule has 1 saturated heterocycles. The van der Waals surface area contributed by atoms with Gasteiger partial charge in [-0.25, -0.2) is 15.0 Å². The van der Waals surface area contributed by atoms with Crippen LogP contribution in [-0.2, 0) is 4.74 Å². The van der Waals surface area contributed by atoms with Crippen LogP contribution in [0.2, 0.25) is 0 Å². The summed E-state index contributed by atoms with van der Waals surface area (Å²) in [6.07, 6.45) is -1.28. The number of para-hydroxylation sites is 1. The Kier molecular flexibility index (Phi) is 4.06. The molecule has 0 aliphatic carbocycles. The molecule has 1 aliphatic rings. The third-order valence-electron chi connectivity index (χ3n) is 4.19. The smallest absolute Gasteiger partial charge is 0.167 e. The highest BCUT2D eigenvalue weighted by Gasteiger charge is 2.44. The number of anilines is 2. The maximum atomic E-state index is 10.2. The van der Waals surface area contributed by atoms with E-state index in [0.717, 1.165) is 5.69 Å². The summed E-state index contributed by atoms with van der Waals surface area (Å²) < 4.78 is 7.06. The molecule has 4 N–H and O–H groups in total. The summed E-state index contributed by atoms with van der Waals surface area (Å²) in [6, 6.07) is 9.52. The minimum Gasteiger partial charge on any atom is -0.394 e. The Bertz CT molecular complexity index is 871. The number of rotatable bonds is 4. The van der Waals surface area contributed by atoms with Gasteiger partial charge in [-0.2, -0.15) is 0 Å². The van der Waals surface area contributed by atoms with Crippen molar-refractivity contribution in [2.75, 3.05) is 11.9 Å². The van der Waals surface area contributed by atoms with E-state index in [1.165, 1.54) is 17.2 Å². The number of aliphatic hydroxyl groups excluding tert-OH is 3. The molecule has 0 unspecified atom stereocenters. The second-order valence-electron chi connectivity index (χ2n) is 5.77. The summed E-state index contributed by atoms with van der Waals surface area (Å²) in [5.74, 6) is 0.515. The fraction of sp³-hybridized carbons (Fsp3) is 0.312. The Labute approximate surface area is 142 Å². The molecule has 1 aromatic carbocycles. The Morgan fingerprint density at radius 2 is 1.88 bits per heavy atom. The highest BCUT2D eigenvalue weighted by Crippen LogP contribution is 2.32. The number of hydrogen-bond donors (Lipinski definition) is 4. The Morgan fingerprint density at radius 3 is 2.60 bits per heavy atom. The van der Waals surface area contributed by atoms with Crippen molar-refractivity contribution in [1.82, 2.24) is 19.5 Å². The van der Waals surface area contributed by atoms with Gasteiger partial charge in [0.15, 0.2) is 23.2 Å². The number of aliphatic hydroxyl groups is 3. The van der Waals surface area contributed by atoms with Crippen LogP contribution in [0.3, 0.4) is 0 Å². The number of nitrogens with zero attached hydrogens (tertiary/aromatic N) is 4. The topological polar surface area (TPSA) is 126 Å². The molecule has 1 aliphatic heterocycles. The highest BCUT2D eigenvalue weighted by atomic mass is 16.6. The van der Waals surface area contributed by atoms with Crippen LogP contribution >= 0.6 is 0 Å². The lowest BCUT2D eigenvalue weighted by Crippen LogP contribution is -2.33. The maximum absolute atomic E-state index is 10.2. The lowest BCUT2D eigenvalue weighted by atomic mass is 10.1. The van der Waals surface area contributed by atoms with E-state index in [0.29, 0.717) is 17.0 Å². The van der Waals surface area contributed by atoms with Crippen LogP contribution in [0.25, 0.3) is 11.2 Å². The van der Waals surface area contributed by atoms with Gasteiger partial charge in [0.2, 0.25) is 0 Å². The molecule has 4 atom stereocenters. The number of hydrogen-bond acceptors (Lipinski definition) is 8. The minimum atomic E-state index is -1.20. The molecule has 130 valence electrons. The third kappa shape index (κ3) is 2.72. The molecule has 3 aromatic rings. The van der Waals surface area contributed by atoms with Crippen LogP contribution in [0.15, 0.2) is 43.0 Å². The standard InChI is InChI=1S/C16H17N5O4/c22-6-10-12(23)13(24)16(25-10)21-8-19-11-14(17-7-18-15(11)21)20-9-4-2-1-3-5-9/h1-5,7-8,10,12-13,16,22-24H,6H2,(H,17,18,20)/t10-,12+,13-,16-/m0/s1. The van der Waals surface area contributed by atoms with Crippen LogP contribution < -0.4 is 5.32 Å². The molecule has 0 amide bonds. The Hall–Kier alpha value is -2.59. The Balaban J connectivity index is 1.70.